The van der Waals surface area contributed by atoms with Crippen molar-refractivity contribution >= 4 is 28.2 Å². The Morgan fingerprint density at radius 2 is 1.94 bits per heavy atom. The Balaban J connectivity index is 1.42. The summed E-state index contributed by atoms with van der Waals surface area (Å²) >= 11 is 1.61. The van der Waals surface area contributed by atoms with E-state index in [4.69, 9.17) is 14.5 Å². The van der Waals surface area contributed by atoms with E-state index < -0.39 is 5.97 Å². The van der Waals surface area contributed by atoms with Crippen LogP contribution in [0.3, 0.4) is 0 Å². The van der Waals surface area contributed by atoms with Gasteiger partial charge in [-0.1, -0.05) is 42.0 Å². The topological polar surface area (TPSA) is 64.2 Å². The molecule has 0 fully saturated rings. The molecule has 5 rings (SSSR count). The summed E-state index contributed by atoms with van der Waals surface area (Å²) in [7, 11) is 1.37. The number of carbonyl (C=O) groups is 1. The molecule has 2 aromatic heterocycles. The van der Waals surface area contributed by atoms with Crippen LogP contribution in [0.4, 0.5) is 0 Å². The second kappa shape index (κ2) is 8.92. The molecule has 0 radical (unpaired) electrons. The molecule has 0 saturated heterocycles. The summed E-state index contributed by atoms with van der Waals surface area (Å²) < 4.78 is 11.2. The summed E-state index contributed by atoms with van der Waals surface area (Å²) in [6.07, 6.45) is 2.59. The minimum atomic E-state index is -0.438. The Morgan fingerprint density at radius 3 is 2.79 bits per heavy atom. The molecule has 5 aromatic rings. The van der Waals surface area contributed by atoms with Crippen molar-refractivity contribution in [1.82, 2.24) is 9.97 Å². The Labute approximate surface area is 195 Å². The number of fused-ring (bicyclic) bond motifs is 1. The minimum absolute atomic E-state index is 0.399. The van der Waals surface area contributed by atoms with Gasteiger partial charge in [-0.3, -0.25) is 0 Å². The number of benzene rings is 3. The number of nitrogens with one attached hydrogen (secondary N) is 1. The maximum atomic E-state index is 12.5. The number of aryl methyl sites for hydroxylation is 1. The van der Waals surface area contributed by atoms with Gasteiger partial charge < -0.3 is 14.5 Å². The maximum absolute atomic E-state index is 12.5. The lowest BCUT2D eigenvalue weighted by Crippen LogP contribution is -2.04. The smallest absolute Gasteiger partial charge is 0.342 e. The summed E-state index contributed by atoms with van der Waals surface area (Å²) in [5.74, 6) is 0.639. The van der Waals surface area contributed by atoms with Crippen LogP contribution in [0.15, 0.2) is 78.3 Å². The van der Waals surface area contributed by atoms with Crippen molar-refractivity contribution in [3.63, 3.8) is 0 Å². The summed E-state index contributed by atoms with van der Waals surface area (Å²) in [6, 6.07) is 21.8. The van der Waals surface area contributed by atoms with Gasteiger partial charge in [0.15, 0.2) is 0 Å². The van der Waals surface area contributed by atoms with Gasteiger partial charge in [0.25, 0.3) is 0 Å². The average Bonchev–Trinajstić information content (AvgIpc) is 3.48. The molecule has 164 valence electrons. The maximum Gasteiger partial charge on any atom is 0.342 e. The third-order valence-electron chi connectivity index (χ3n) is 5.41. The van der Waals surface area contributed by atoms with Crippen LogP contribution in [0.2, 0.25) is 0 Å². The first-order valence-electron chi connectivity index (χ1n) is 10.6. The number of rotatable bonds is 6. The number of nitrogens with zero attached hydrogens (tertiary/aromatic N) is 1. The molecule has 5 nitrogen and oxygen atoms in total. The predicted molar refractivity (Wildman–Crippen MR) is 131 cm³/mol. The summed E-state index contributed by atoms with van der Waals surface area (Å²) in [4.78, 5) is 20.4. The zero-order valence-electron chi connectivity index (χ0n) is 18.3. The fourth-order valence-corrected chi connectivity index (χ4v) is 4.70. The van der Waals surface area contributed by atoms with Gasteiger partial charge in [0.05, 0.1) is 12.8 Å². The van der Waals surface area contributed by atoms with Gasteiger partial charge in [-0.15, -0.1) is 11.3 Å². The number of hydrogen-bond acceptors (Lipinski definition) is 5. The number of carbonyl (C=O) groups excluding carboxylic acids is 1. The number of esters is 1. The van der Waals surface area contributed by atoms with Crippen LogP contribution in [-0.4, -0.2) is 23.0 Å². The summed E-state index contributed by atoms with van der Waals surface area (Å²) in [5, 5.41) is 3.79. The standard InChI is InChI=1S/C27H22N2O3S/c1-17-5-3-6-18(13-17)14-20-16-33-26(29-20)19-7-4-8-21(15-19)32-24-10-9-23-22(11-12-28-23)25(24)27(30)31-2/h3-13,15-16,28H,14H2,1-2H3. The minimum Gasteiger partial charge on any atom is -0.465 e. The number of methoxy groups -OCH3 is 1. The van der Waals surface area contributed by atoms with E-state index in [0.717, 1.165) is 33.6 Å². The number of H-pyrrole nitrogens is 1. The van der Waals surface area contributed by atoms with Crippen LogP contribution in [-0.2, 0) is 11.2 Å². The normalized spacial score (nSPS) is 11.0. The van der Waals surface area contributed by atoms with Crippen LogP contribution in [0.1, 0.15) is 27.2 Å². The highest BCUT2D eigenvalue weighted by Gasteiger charge is 2.19. The highest BCUT2D eigenvalue weighted by atomic mass is 32.1. The van der Waals surface area contributed by atoms with E-state index in [2.05, 4.69) is 41.6 Å². The lowest BCUT2D eigenvalue weighted by Gasteiger charge is -2.12. The molecule has 3 aromatic carbocycles. The van der Waals surface area contributed by atoms with E-state index in [1.807, 2.05) is 36.4 Å². The first-order chi connectivity index (χ1) is 16.1. The molecule has 0 aliphatic heterocycles. The van der Waals surface area contributed by atoms with Crippen LogP contribution < -0.4 is 4.74 Å². The molecule has 0 aliphatic carbocycles. The fourth-order valence-electron chi connectivity index (χ4n) is 3.88. The molecule has 1 N–H and O–H groups in total. The van der Waals surface area contributed by atoms with Crippen molar-refractivity contribution in [2.24, 2.45) is 0 Å². The van der Waals surface area contributed by atoms with Gasteiger partial charge in [-0.2, -0.15) is 0 Å². The van der Waals surface area contributed by atoms with E-state index in [1.54, 1.807) is 23.6 Å². The third-order valence-corrected chi connectivity index (χ3v) is 6.35. The SMILES string of the molecule is COC(=O)c1c(Oc2cccc(-c3nc(Cc4cccc(C)c4)cs3)c2)ccc2[nH]ccc12. The number of aromatic amines is 1. The Bertz CT molecular complexity index is 1450. The molecule has 6 heteroatoms. The Morgan fingerprint density at radius 1 is 1.06 bits per heavy atom. The fraction of sp³-hybridized carbons (Fsp3) is 0.111. The molecule has 0 amide bonds. The van der Waals surface area contributed by atoms with Crippen molar-refractivity contribution in [1.29, 1.82) is 0 Å². The molecule has 2 heterocycles. The van der Waals surface area contributed by atoms with Gasteiger partial charge >= 0.3 is 5.97 Å². The van der Waals surface area contributed by atoms with Crippen molar-refractivity contribution in [2.75, 3.05) is 7.11 Å². The first kappa shape index (κ1) is 21.0. The van der Waals surface area contributed by atoms with E-state index >= 15 is 0 Å². The number of hydrogen-bond donors (Lipinski definition) is 1. The van der Waals surface area contributed by atoms with Crippen molar-refractivity contribution in [3.05, 3.63) is 101 Å². The predicted octanol–water partition coefficient (Wildman–Crippen LogP) is 6.77. The zero-order chi connectivity index (χ0) is 22.8. The number of thiazole rings is 1. The monoisotopic (exact) mass is 454 g/mol. The molecule has 0 aliphatic rings. The second-order valence-electron chi connectivity index (χ2n) is 7.81. The van der Waals surface area contributed by atoms with E-state index in [0.29, 0.717) is 17.1 Å². The van der Waals surface area contributed by atoms with Crippen molar-refractivity contribution in [3.8, 4) is 22.1 Å². The Kier molecular flexibility index (Phi) is 5.67. The third kappa shape index (κ3) is 4.38. The zero-order valence-corrected chi connectivity index (χ0v) is 19.1. The van der Waals surface area contributed by atoms with Crippen LogP contribution >= 0.6 is 11.3 Å². The molecule has 0 bridgehead atoms. The highest BCUT2D eigenvalue weighted by Crippen LogP contribution is 2.34. The average molecular weight is 455 g/mol. The molecule has 0 spiro atoms. The number of ether oxygens (including phenoxy) is 2. The molecule has 33 heavy (non-hydrogen) atoms. The van der Waals surface area contributed by atoms with Crippen LogP contribution in [0, 0.1) is 6.92 Å². The number of aromatic nitrogens is 2. The lowest BCUT2D eigenvalue weighted by molar-refractivity contribution is 0.0600. The van der Waals surface area contributed by atoms with E-state index in [9.17, 15) is 4.79 Å². The van der Waals surface area contributed by atoms with Gasteiger partial charge in [-0.05, 0) is 42.8 Å². The molecule has 0 unspecified atom stereocenters. The summed E-state index contributed by atoms with van der Waals surface area (Å²) in [6.45, 7) is 2.10. The molecular weight excluding hydrogens is 432 g/mol. The van der Waals surface area contributed by atoms with E-state index in [1.165, 1.54) is 18.2 Å². The molecular formula is C27H22N2O3S. The van der Waals surface area contributed by atoms with Gasteiger partial charge in [0.1, 0.15) is 22.1 Å². The highest BCUT2D eigenvalue weighted by molar-refractivity contribution is 7.13. The Hall–Kier alpha value is -3.90. The molecule has 0 atom stereocenters. The van der Waals surface area contributed by atoms with Crippen LogP contribution in [0.25, 0.3) is 21.5 Å². The van der Waals surface area contributed by atoms with Crippen molar-refractivity contribution < 1.29 is 14.3 Å². The largest absolute Gasteiger partial charge is 0.465 e. The van der Waals surface area contributed by atoms with E-state index in [-0.39, 0.29) is 0 Å². The quantitative estimate of drug-likeness (QED) is 0.288. The van der Waals surface area contributed by atoms with Crippen LogP contribution in [0.5, 0.6) is 11.5 Å². The first-order valence-corrected chi connectivity index (χ1v) is 11.5. The van der Waals surface area contributed by atoms with Crippen molar-refractivity contribution in [2.45, 2.75) is 13.3 Å². The van der Waals surface area contributed by atoms with Gasteiger partial charge in [-0.25, -0.2) is 9.78 Å². The second-order valence-corrected chi connectivity index (χ2v) is 8.67. The molecule has 0 saturated carbocycles. The summed E-state index contributed by atoms with van der Waals surface area (Å²) in [5.41, 5.74) is 5.75. The van der Waals surface area contributed by atoms with Gasteiger partial charge in [0, 0.05) is 34.5 Å². The van der Waals surface area contributed by atoms with Gasteiger partial charge in [0.2, 0.25) is 0 Å². The lowest BCUT2D eigenvalue weighted by atomic mass is 10.1.